The lowest BCUT2D eigenvalue weighted by Crippen LogP contribution is -2.03. The zero-order chi connectivity index (χ0) is 10.0. The van der Waals surface area contributed by atoms with E-state index >= 15 is 0 Å². The molecule has 1 heterocycles. The molecule has 1 rings (SSSR count). The smallest absolute Gasteiger partial charge is 0.220 e. The summed E-state index contributed by atoms with van der Waals surface area (Å²) in [5.41, 5.74) is 7.74. The molecular weight excluding hydrogens is 164 g/mol. The summed E-state index contributed by atoms with van der Waals surface area (Å²) in [7, 11) is 0. The van der Waals surface area contributed by atoms with Crippen LogP contribution in [0, 0.1) is 18.3 Å². The Bertz CT molecular complexity index is 401. The summed E-state index contributed by atoms with van der Waals surface area (Å²) in [5, 5.41) is 8.83. The van der Waals surface area contributed by atoms with Gasteiger partial charge in [0.1, 0.15) is 6.07 Å². The topological polar surface area (TPSA) is 75.6 Å². The molecule has 4 heteroatoms. The standard InChI is InChI=1S/C9H10N4/c1-5(2)8-7(4-10)6(3)12-9(11)13-8/h1H2,2-3H3,(H2,11,12,13). The fourth-order valence-electron chi connectivity index (χ4n) is 1.04. The Balaban J connectivity index is 3.50. The molecule has 0 saturated carbocycles. The molecule has 0 spiro atoms. The van der Waals surface area contributed by atoms with Crippen molar-refractivity contribution in [1.82, 2.24) is 9.97 Å². The first-order valence-electron chi connectivity index (χ1n) is 3.76. The SMILES string of the molecule is C=C(C)c1nc(N)nc(C)c1C#N. The van der Waals surface area contributed by atoms with Gasteiger partial charge in [-0.25, -0.2) is 9.97 Å². The zero-order valence-electron chi connectivity index (χ0n) is 7.63. The maximum atomic E-state index is 8.83. The number of allylic oxidation sites excluding steroid dienone is 1. The van der Waals surface area contributed by atoms with Gasteiger partial charge >= 0.3 is 0 Å². The minimum Gasteiger partial charge on any atom is -0.368 e. The lowest BCUT2D eigenvalue weighted by Gasteiger charge is -2.04. The summed E-state index contributed by atoms with van der Waals surface area (Å²) in [6.07, 6.45) is 0. The molecule has 0 aliphatic rings. The summed E-state index contributed by atoms with van der Waals surface area (Å²) in [5.74, 6) is 0.175. The van der Waals surface area contributed by atoms with Crippen LogP contribution < -0.4 is 5.73 Å². The van der Waals surface area contributed by atoms with Crippen molar-refractivity contribution in [2.45, 2.75) is 13.8 Å². The number of nitrogen functional groups attached to an aromatic ring is 1. The van der Waals surface area contributed by atoms with Crippen LogP contribution in [0.25, 0.3) is 5.57 Å². The second kappa shape index (κ2) is 3.23. The van der Waals surface area contributed by atoms with Crippen LogP contribution in [-0.4, -0.2) is 9.97 Å². The van der Waals surface area contributed by atoms with Gasteiger partial charge in [0.25, 0.3) is 0 Å². The van der Waals surface area contributed by atoms with Crippen molar-refractivity contribution in [3.05, 3.63) is 23.5 Å². The van der Waals surface area contributed by atoms with E-state index < -0.39 is 0 Å². The Kier molecular flexibility index (Phi) is 2.29. The second-order valence-electron chi connectivity index (χ2n) is 2.78. The van der Waals surface area contributed by atoms with Gasteiger partial charge in [-0.2, -0.15) is 5.26 Å². The fourth-order valence-corrected chi connectivity index (χ4v) is 1.04. The molecule has 66 valence electrons. The highest BCUT2D eigenvalue weighted by Gasteiger charge is 2.09. The van der Waals surface area contributed by atoms with E-state index in [1.807, 2.05) is 6.07 Å². The molecule has 0 aliphatic heterocycles. The zero-order valence-corrected chi connectivity index (χ0v) is 7.63. The minimum absolute atomic E-state index is 0.175. The van der Waals surface area contributed by atoms with Gasteiger partial charge in [0.05, 0.1) is 17.0 Å². The van der Waals surface area contributed by atoms with Crippen molar-refractivity contribution in [2.24, 2.45) is 0 Å². The highest BCUT2D eigenvalue weighted by Crippen LogP contribution is 2.17. The van der Waals surface area contributed by atoms with Gasteiger partial charge in [-0.3, -0.25) is 0 Å². The van der Waals surface area contributed by atoms with E-state index in [2.05, 4.69) is 16.5 Å². The van der Waals surface area contributed by atoms with Crippen molar-refractivity contribution >= 4 is 11.5 Å². The third-order valence-corrected chi connectivity index (χ3v) is 1.62. The van der Waals surface area contributed by atoms with E-state index in [-0.39, 0.29) is 5.95 Å². The Labute approximate surface area is 76.7 Å². The molecule has 1 aromatic rings. The predicted molar refractivity (Wildman–Crippen MR) is 50.6 cm³/mol. The number of nitrogens with two attached hydrogens (primary N) is 1. The van der Waals surface area contributed by atoms with Crippen molar-refractivity contribution in [2.75, 3.05) is 5.73 Å². The number of hydrogen-bond acceptors (Lipinski definition) is 4. The van der Waals surface area contributed by atoms with Crippen molar-refractivity contribution in [3.63, 3.8) is 0 Å². The number of nitriles is 1. The van der Waals surface area contributed by atoms with Gasteiger partial charge in [-0.1, -0.05) is 6.58 Å². The van der Waals surface area contributed by atoms with Crippen molar-refractivity contribution in [1.29, 1.82) is 5.26 Å². The summed E-state index contributed by atoms with van der Waals surface area (Å²) in [4.78, 5) is 7.84. The first-order valence-corrected chi connectivity index (χ1v) is 3.76. The normalized spacial score (nSPS) is 9.31. The van der Waals surface area contributed by atoms with E-state index in [4.69, 9.17) is 11.0 Å². The van der Waals surface area contributed by atoms with Crippen LogP contribution in [0.3, 0.4) is 0 Å². The van der Waals surface area contributed by atoms with Crippen molar-refractivity contribution < 1.29 is 0 Å². The molecule has 0 bridgehead atoms. The third kappa shape index (κ3) is 1.64. The highest BCUT2D eigenvalue weighted by atomic mass is 15.0. The number of aryl methyl sites for hydroxylation is 1. The van der Waals surface area contributed by atoms with Gasteiger partial charge in [0, 0.05) is 0 Å². The monoisotopic (exact) mass is 174 g/mol. The lowest BCUT2D eigenvalue weighted by atomic mass is 10.1. The van der Waals surface area contributed by atoms with Crippen LogP contribution in [-0.2, 0) is 0 Å². The quantitative estimate of drug-likeness (QED) is 0.695. The Hall–Kier alpha value is -1.89. The number of rotatable bonds is 1. The van der Waals surface area contributed by atoms with Crippen molar-refractivity contribution in [3.8, 4) is 6.07 Å². The van der Waals surface area contributed by atoms with Crippen LogP contribution in [0.15, 0.2) is 6.58 Å². The van der Waals surface area contributed by atoms with Gasteiger partial charge in [-0.15, -0.1) is 0 Å². The molecule has 0 unspecified atom stereocenters. The average Bonchev–Trinajstić information content (AvgIpc) is 2.02. The summed E-state index contributed by atoms with van der Waals surface area (Å²) >= 11 is 0. The average molecular weight is 174 g/mol. The van der Waals surface area contributed by atoms with E-state index in [0.29, 0.717) is 22.5 Å². The molecule has 0 atom stereocenters. The van der Waals surface area contributed by atoms with Gasteiger partial charge in [0.2, 0.25) is 5.95 Å². The first kappa shape index (κ1) is 9.20. The molecule has 0 amide bonds. The predicted octanol–water partition coefficient (Wildman–Crippen LogP) is 1.27. The van der Waals surface area contributed by atoms with E-state index in [1.54, 1.807) is 13.8 Å². The number of anilines is 1. The van der Waals surface area contributed by atoms with Crippen LogP contribution in [0.1, 0.15) is 23.9 Å². The minimum atomic E-state index is 0.175. The molecule has 13 heavy (non-hydrogen) atoms. The Morgan fingerprint density at radius 1 is 1.54 bits per heavy atom. The van der Waals surface area contributed by atoms with E-state index in [1.165, 1.54) is 0 Å². The van der Waals surface area contributed by atoms with E-state index in [0.717, 1.165) is 0 Å². The molecule has 0 saturated heterocycles. The van der Waals surface area contributed by atoms with Gasteiger partial charge < -0.3 is 5.73 Å². The molecule has 4 nitrogen and oxygen atoms in total. The second-order valence-corrected chi connectivity index (χ2v) is 2.78. The highest BCUT2D eigenvalue weighted by molar-refractivity contribution is 5.65. The summed E-state index contributed by atoms with van der Waals surface area (Å²) < 4.78 is 0. The molecule has 1 aromatic heterocycles. The fraction of sp³-hybridized carbons (Fsp3) is 0.222. The molecule has 0 aliphatic carbocycles. The van der Waals surface area contributed by atoms with E-state index in [9.17, 15) is 0 Å². The summed E-state index contributed by atoms with van der Waals surface area (Å²) in [6.45, 7) is 7.22. The van der Waals surface area contributed by atoms with Crippen LogP contribution in [0.5, 0.6) is 0 Å². The maximum Gasteiger partial charge on any atom is 0.220 e. The third-order valence-electron chi connectivity index (χ3n) is 1.62. The van der Waals surface area contributed by atoms with Crippen LogP contribution >= 0.6 is 0 Å². The Morgan fingerprint density at radius 2 is 2.15 bits per heavy atom. The molecule has 0 aromatic carbocycles. The first-order chi connectivity index (χ1) is 6.06. The maximum absolute atomic E-state index is 8.83. The molecule has 0 radical (unpaired) electrons. The van der Waals surface area contributed by atoms with Gasteiger partial charge in [0.15, 0.2) is 0 Å². The molecular formula is C9H10N4. The summed E-state index contributed by atoms with van der Waals surface area (Å²) in [6, 6.07) is 2.03. The Morgan fingerprint density at radius 3 is 2.62 bits per heavy atom. The molecule has 0 fully saturated rings. The number of hydrogen-bond donors (Lipinski definition) is 1. The lowest BCUT2D eigenvalue weighted by molar-refractivity contribution is 1.08. The van der Waals surface area contributed by atoms with Gasteiger partial charge in [-0.05, 0) is 19.4 Å². The number of nitrogens with zero attached hydrogens (tertiary/aromatic N) is 3. The number of aromatic nitrogens is 2. The van der Waals surface area contributed by atoms with Crippen LogP contribution in [0.2, 0.25) is 0 Å². The van der Waals surface area contributed by atoms with Crippen LogP contribution in [0.4, 0.5) is 5.95 Å². The largest absolute Gasteiger partial charge is 0.368 e. The molecule has 2 N–H and O–H groups in total.